The molecule has 5 heteroatoms. The maximum atomic E-state index is 11.9. The molecule has 0 bridgehead atoms. The van der Waals surface area contributed by atoms with Gasteiger partial charge in [0.1, 0.15) is 0 Å². The molecule has 1 rings (SSSR count). The molecule has 1 aliphatic heterocycles. The van der Waals surface area contributed by atoms with E-state index in [0.717, 1.165) is 6.42 Å². The molecule has 0 saturated carbocycles. The van der Waals surface area contributed by atoms with Crippen LogP contribution in [0.5, 0.6) is 0 Å². The molecule has 18 heavy (non-hydrogen) atoms. The van der Waals surface area contributed by atoms with Gasteiger partial charge in [0.05, 0.1) is 5.92 Å². The van der Waals surface area contributed by atoms with Gasteiger partial charge in [0, 0.05) is 19.6 Å². The number of carboxylic acids is 1. The zero-order valence-corrected chi connectivity index (χ0v) is 11.5. The number of carbonyl (C=O) groups is 2. The number of hydrogen-bond acceptors (Lipinski definition) is 2. The molecule has 0 aliphatic carbocycles. The van der Waals surface area contributed by atoms with Gasteiger partial charge in [-0.2, -0.15) is 0 Å². The normalized spacial score (nSPS) is 21.8. The molecular formula is C13H24N2O3. The average Bonchev–Trinajstić information content (AvgIpc) is 2.35. The molecule has 2 amide bonds. The van der Waals surface area contributed by atoms with Crippen LogP contribution in [0.15, 0.2) is 0 Å². The lowest BCUT2D eigenvalue weighted by atomic mass is 9.98. The number of piperidine rings is 1. The van der Waals surface area contributed by atoms with Gasteiger partial charge in [-0.1, -0.05) is 20.8 Å². The molecule has 2 N–H and O–H groups in total. The zero-order valence-electron chi connectivity index (χ0n) is 11.5. The fourth-order valence-electron chi connectivity index (χ4n) is 1.96. The van der Waals surface area contributed by atoms with E-state index in [0.29, 0.717) is 37.9 Å². The van der Waals surface area contributed by atoms with E-state index in [9.17, 15) is 9.59 Å². The summed E-state index contributed by atoms with van der Waals surface area (Å²) in [7, 11) is 0. The first kappa shape index (κ1) is 14.8. The zero-order chi connectivity index (χ0) is 13.7. The largest absolute Gasteiger partial charge is 0.481 e. The van der Waals surface area contributed by atoms with Gasteiger partial charge in [0.15, 0.2) is 0 Å². The lowest BCUT2D eigenvalue weighted by Gasteiger charge is -2.31. The molecular weight excluding hydrogens is 232 g/mol. The number of nitrogens with one attached hydrogen (secondary N) is 1. The Bertz CT molecular complexity index is 305. The predicted octanol–water partition coefficient (Wildman–Crippen LogP) is 1.78. The van der Waals surface area contributed by atoms with Crippen LogP contribution in [0.1, 0.15) is 33.6 Å². The first-order valence-electron chi connectivity index (χ1n) is 6.67. The van der Waals surface area contributed by atoms with Crippen molar-refractivity contribution in [2.75, 3.05) is 19.6 Å². The number of carboxylic acid groups (broad SMARTS) is 1. The van der Waals surface area contributed by atoms with Crippen molar-refractivity contribution in [3.05, 3.63) is 0 Å². The highest BCUT2D eigenvalue weighted by atomic mass is 16.4. The molecule has 1 aliphatic rings. The molecule has 0 radical (unpaired) electrons. The van der Waals surface area contributed by atoms with Crippen LogP contribution in [0.3, 0.4) is 0 Å². The standard InChI is InChI=1S/C13H24N2O3/c1-9(2)10(3)7-14-13(18)15-6-4-5-11(8-15)12(16)17/h9-11H,4-8H2,1-3H3,(H,14,18)(H,16,17). The second-order valence-electron chi connectivity index (χ2n) is 5.53. The predicted molar refractivity (Wildman–Crippen MR) is 69.3 cm³/mol. The van der Waals surface area contributed by atoms with Crippen LogP contribution >= 0.6 is 0 Å². The summed E-state index contributed by atoms with van der Waals surface area (Å²) in [6.45, 7) is 7.98. The molecule has 0 aromatic heterocycles. The Kier molecular flexibility index (Phi) is 5.44. The summed E-state index contributed by atoms with van der Waals surface area (Å²) < 4.78 is 0. The Labute approximate surface area is 109 Å². The number of nitrogens with zero attached hydrogens (tertiary/aromatic N) is 1. The van der Waals surface area contributed by atoms with Crippen LogP contribution in [0.25, 0.3) is 0 Å². The lowest BCUT2D eigenvalue weighted by Crippen LogP contribution is -2.48. The van der Waals surface area contributed by atoms with Crippen LogP contribution < -0.4 is 5.32 Å². The van der Waals surface area contributed by atoms with E-state index in [-0.39, 0.29) is 6.03 Å². The molecule has 1 heterocycles. The van der Waals surface area contributed by atoms with Gasteiger partial charge in [-0.15, -0.1) is 0 Å². The molecule has 0 spiro atoms. The summed E-state index contributed by atoms with van der Waals surface area (Å²) >= 11 is 0. The van der Waals surface area contributed by atoms with E-state index in [1.165, 1.54) is 0 Å². The van der Waals surface area contributed by atoms with Crippen molar-refractivity contribution in [1.29, 1.82) is 0 Å². The molecule has 0 aromatic rings. The van der Waals surface area contributed by atoms with Crippen LogP contribution in [-0.4, -0.2) is 41.6 Å². The fourth-order valence-corrected chi connectivity index (χ4v) is 1.96. The highest BCUT2D eigenvalue weighted by Gasteiger charge is 2.28. The third kappa shape index (κ3) is 4.20. The lowest BCUT2D eigenvalue weighted by molar-refractivity contribution is -0.143. The monoisotopic (exact) mass is 256 g/mol. The second kappa shape index (κ2) is 6.61. The first-order chi connectivity index (χ1) is 8.41. The van der Waals surface area contributed by atoms with Gasteiger partial charge in [0.2, 0.25) is 0 Å². The van der Waals surface area contributed by atoms with Crippen LogP contribution in [0.4, 0.5) is 4.79 Å². The van der Waals surface area contributed by atoms with Crippen LogP contribution in [-0.2, 0) is 4.79 Å². The van der Waals surface area contributed by atoms with Crippen molar-refractivity contribution in [1.82, 2.24) is 10.2 Å². The smallest absolute Gasteiger partial charge is 0.317 e. The van der Waals surface area contributed by atoms with Gasteiger partial charge in [-0.25, -0.2) is 4.79 Å². The second-order valence-corrected chi connectivity index (χ2v) is 5.53. The maximum absolute atomic E-state index is 11.9. The minimum atomic E-state index is -0.803. The summed E-state index contributed by atoms with van der Waals surface area (Å²) in [4.78, 5) is 24.5. The highest BCUT2D eigenvalue weighted by molar-refractivity contribution is 5.76. The molecule has 5 nitrogen and oxygen atoms in total. The van der Waals surface area contributed by atoms with Crippen LogP contribution in [0, 0.1) is 17.8 Å². The summed E-state index contributed by atoms with van der Waals surface area (Å²) in [6.07, 6.45) is 1.44. The Morgan fingerprint density at radius 2 is 2.06 bits per heavy atom. The number of carbonyl (C=O) groups excluding carboxylic acids is 1. The van der Waals surface area contributed by atoms with Crippen molar-refractivity contribution < 1.29 is 14.7 Å². The van der Waals surface area contributed by atoms with E-state index >= 15 is 0 Å². The third-order valence-electron chi connectivity index (χ3n) is 3.77. The van der Waals surface area contributed by atoms with Crippen molar-refractivity contribution in [2.45, 2.75) is 33.6 Å². The van der Waals surface area contributed by atoms with Crippen molar-refractivity contribution in [3.8, 4) is 0 Å². The number of likely N-dealkylation sites (tertiary alicyclic amines) is 1. The number of aliphatic carboxylic acids is 1. The van der Waals surface area contributed by atoms with E-state index in [1.54, 1.807) is 4.90 Å². The quantitative estimate of drug-likeness (QED) is 0.805. The minimum absolute atomic E-state index is 0.131. The molecule has 1 saturated heterocycles. The van der Waals surface area contributed by atoms with Crippen molar-refractivity contribution >= 4 is 12.0 Å². The van der Waals surface area contributed by atoms with Crippen LogP contribution in [0.2, 0.25) is 0 Å². The van der Waals surface area contributed by atoms with Gasteiger partial charge < -0.3 is 15.3 Å². The Balaban J connectivity index is 2.39. The highest BCUT2D eigenvalue weighted by Crippen LogP contribution is 2.16. The SMILES string of the molecule is CC(C)C(C)CNC(=O)N1CCCC(C(=O)O)C1. The van der Waals surface area contributed by atoms with Gasteiger partial charge in [-0.3, -0.25) is 4.79 Å². The van der Waals surface area contributed by atoms with E-state index in [4.69, 9.17) is 5.11 Å². The van der Waals surface area contributed by atoms with Crippen molar-refractivity contribution in [2.24, 2.45) is 17.8 Å². The average molecular weight is 256 g/mol. The Morgan fingerprint density at radius 1 is 1.39 bits per heavy atom. The molecule has 104 valence electrons. The summed E-state index contributed by atoms with van der Waals surface area (Å²) in [5.74, 6) is -0.262. The molecule has 2 unspecified atom stereocenters. The van der Waals surface area contributed by atoms with Gasteiger partial charge in [0.25, 0.3) is 0 Å². The number of hydrogen-bond donors (Lipinski definition) is 2. The minimum Gasteiger partial charge on any atom is -0.481 e. The number of urea groups is 1. The van der Waals surface area contributed by atoms with E-state index < -0.39 is 11.9 Å². The molecule has 2 atom stereocenters. The fraction of sp³-hybridized carbons (Fsp3) is 0.846. The van der Waals surface area contributed by atoms with E-state index in [1.807, 2.05) is 0 Å². The summed E-state index contributed by atoms with van der Waals surface area (Å²) in [6, 6.07) is -0.131. The summed E-state index contributed by atoms with van der Waals surface area (Å²) in [5, 5.41) is 11.9. The van der Waals surface area contributed by atoms with Gasteiger partial charge >= 0.3 is 12.0 Å². The molecule has 1 fully saturated rings. The first-order valence-corrected chi connectivity index (χ1v) is 6.67. The van der Waals surface area contributed by atoms with Gasteiger partial charge in [-0.05, 0) is 24.7 Å². The van der Waals surface area contributed by atoms with E-state index in [2.05, 4.69) is 26.1 Å². The maximum Gasteiger partial charge on any atom is 0.317 e. The summed E-state index contributed by atoms with van der Waals surface area (Å²) in [5.41, 5.74) is 0. The molecule has 0 aromatic carbocycles. The van der Waals surface area contributed by atoms with Crippen molar-refractivity contribution in [3.63, 3.8) is 0 Å². The Hall–Kier alpha value is -1.26. The Morgan fingerprint density at radius 3 is 2.61 bits per heavy atom. The number of rotatable bonds is 4. The topological polar surface area (TPSA) is 69.6 Å². The third-order valence-corrected chi connectivity index (χ3v) is 3.77. The number of amides is 2.